The van der Waals surface area contributed by atoms with Crippen LogP contribution in [0, 0.1) is 10.1 Å². The maximum absolute atomic E-state index is 12.1. The van der Waals surface area contributed by atoms with Crippen molar-refractivity contribution in [3.8, 4) is 0 Å². The molecule has 2 rings (SSSR count). The molecule has 1 aromatic heterocycles. The van der Waals surface area contributed by atoms with Crippen molar-refractivity contribution in [3.05, 3.63) is 56.3 Å². The summed E-state index contributed by atoms with van der Waals surface area (Å²) in [5, 5.41) is 15.4. The van der Waals surface area contributed by atoms with Crippen molar-refractivity contribution in [2.75, 3.05) is 5.73 Å². The van der Waals surface area contributed by atoms with Crippen LogP contribution < -0.4 is 11.1 Å². The number of amides is 1. The highest BCUT2D eigenvalue weighted by atomic mass is 32.1. The number of nitrogens with one attached hydrogen (secondary N) is 1. The molecule has 6 nitrogen and oxygen atoms in total. The van der Waals surface area contributed by atoms with Gasteiger partial charge in [0.15, 0.2) is 0 Å². The predicted octanol–water partition coefficient (Wildman–Crippen LogP) is 2.73. The number of nitro groups is 1. The number of hydrogen-bond donors (Lipinski definition) is 2. The van der Waals surface area contributed by atoms with Gasteiger partial charge in [-0.15, -0.1) is 11.3 Å². The third-order valence-electron chi connectivity index (χ3n) is 2.81. The van der Waals surface area contributed by atoms with Crippen molar-refractivity contribution in [1.82, 2.24) is 5.32 Å². The Morgan fingerprint density at radius 3 is 2.80 bits per heavy atom. The lowest BCUT2D eigenvalue weighted by Gasteiger charge is -2.13. The largest absolute Gasteiger partial charge is 0.398 e. The minimum Gasteiger partial charge on any atom is -0.398 e. The van der Waals surface area contributed by atoms with E-state index in [0.29, 0.717) is 0 Å². The molecule has 2 aromatic rings. The molecule has 0 radical (unpaired) electrons. The van der Waals surface area contributed by atoms with Crippen LogP contribution in [0.4, 0.5) is 11.4 Å². The average Bonchev–Trinajstić information content (AvgIpc) is 2.92. The van der Waals surface area contributed by atoms with Crippen molar-refractivity contribution < 1.29 is 9.72 Å². The van der Waals surface area contributed by atoms with E-state index in [4.69, 9.17) is 5.73 Å². The second-order valence-corrected chi connectivity index (χ2v) is 5.22. The molecule has 0 saturated heterocycles. The van der Waals surface area contributed by atoms with E-state index in [1.165, 1.54) is 29.5 Å². The molecule has 0 aliphatic carbocycles. The van der Waals surface area contributed by atoms with Crippen molar-refractivity contribution in [2.45, 2.75) is 13.0 Å². The van der Waals surface area contributed by atoms with Crippen LogP contribution in [0.15, 0.2) is 35.7 Å². The lowest BCUT2D eigenvalue weighted by atomic mass is 10.1. The van der Waals surface area contributed by atoms with Gasteiger partial charge in [0.2, 0.25) is 0 Å². The Balaban J connectivity index is 2.20. The zero-order valence-electron chi connectivity index (χ0n) is 10.7. The van der Waals surface area contributed by atoms with Crippen LogP contribution in [0.3, 0.4) is 0 Å². The first-order valence-electron chi connectivity index (χ1n) is 5.87. The van der Waals surface area contributed by atoms with Crippen LogP contribution in [0.5, 0.6) is 0 Å². The summed E-state index contributed by atoms with van der Waals surface area (Å²) in [5.74, 6) is -0.424. The fourth-order valence-electron chi connectivity index (χ4n) is 1.74. The Bertz CT molecular complexity index is 640. The van der Waals surface area contributed by atoms with E-state index < -0.39 is 10.8 Å². The maximum atomic E-state index is 12.1. The lowest BCUT2D eigenvalue weighted by molar-refractivity contribution is -0.384. The highest BCUT2D eigenvalue weighted by Gasteiger charge is 2.17. The summed E-state index contributed by atoms with van der Waals surface area (Å²) in [6.07, 6.45) is 0. The highest BCUT2D eigenvalue weighted by molar-refractivity contribution is 7.10. The minimum absolute atomic E-state index is 0.114. The van der Waals surface area contributed by atoms with E-state index in [2.05, 4.69) is 5.32 Å². The zero-order chi connectivity index (χ0) is 14.7. The summed E-state index contributed by atoms with van der Waals surface area (Å²) in [5.41, 5.74) is 5.87. The maximum Gasteiger partial charge on any atom is 0.270 e. The number of carbonyl (C=O) groups excluding carboxylic acids is 1. The molecule has 104 valence electrons. The fraction of sp³-hybridized carbons (Fsp3) is 0.154. The van der Waals surface area contributed by atoms with Crippen LogP contribution in [0.25, 0.3) is 0 Å². The van der Waals surface area contributed by atoms with Gasteiger partial charge in [0.25, 0.3) is 11.6 Å². The average molecular weight is 291 g/mol. The van der Waals surface area contributed by atoms with Gasteiger partial charge in [-0.2, -0.15) is 0 Å². The van der Waals surface area contributed by atoms with E-state index in [9.17, 15) is 14.9 Å². The molecule has 1 aromatic carbocycles. The van der Waals surface area contributed by atoms with E-state index in [0.717, 1.165) is 4.88 Å². The molecule has 1 unspecified atom stereocenters. The molecular weight excluding hydrogens is 278 g/mol. The number of hydrogen-bond acceptors (Lipinski definition) is 5. The second-order valence-electron chi connectivity index (χ2n) is 4.24. The number of anilines is 1. The normalized spacial score (nSPS) is 11.8. The summed E-state index contributed by atoms with van der Waals surface area (Å²) >= 11 is 1.53. The lowest BCUT2D eigenvalue weighted by Crippen LogP contribution is -2.27. The number of thiophene rings is 1. The Morgan fingerprint density at radius 1 is 1.45 bits per heavy atom. The summed E-state index contributed by atoms with van der Waals surface area (Å²) < 4.78 is 0. The second kappa shape index (κ2) is 5.70. The quantitative estimate of drug-likeness (QED) is 0.514. The minimum atomic E-state index is -0.557. The first-order chi connectivity index (χ1) is 9.49. The van der Waals surface area contributed by atoms with Gasteiger partial charge in [-0.3, -0.25) is 14.9 Å². The fourth-order valence-corrected chi connectivity index (χ4v) is 2.47. The zero-order valence-corrected chi connectivity index (χ0v) is 11.5. The molecule has 0 bridgehead atoms. The Morgan fingerprint density at radius 2 is 2.20 bits per heavy atom. The van der Waals surface area contributed by atoms with Crippen LogP contribution >= 0.6 is 11.3 Å². The smallest absolute Gasteiger partial charge is 0.270 e. The number of nitrogens with two attached hydrogens (primary N) is 1. The first-order valence-corrected chi connectivity index (χ1v) is 6.75. The van der Waals surface area contributed by atoms with Crippen molar-refractivity contribution in [3.63, 3.8) is 0 Å². The molecule has 0 spiro atoms. The molecule has 0 saturated carbocycles. The van der Waals surface area contributed by atoms with Crippen molar-refractivity contribution >= 4 is 28.6 Å². The Kier molecular flexibility index (Phi) is 3.99. The molecule has 1 heterocycles. The summed E-state index contributed by atoms with van der Waals surface area (Å²) in [6, 6.07) is 7.45. The summed E-state index contributed by atoms with van der Waals surface area (Å²) in [6.45, 7) is 1.84. The Labute approximate surface area is 119 Å². The van der Waals surface area contributed by atoms with Crippen LogP contribution in [-0.2, 0) is 0 Å². The molecule has 0 aliphatic rings. The predicted molar refractivity (Wildman–Crippen MR) is 77.7 cm³/mol. The van der Waals surface area contributed by atoms with Gasteiger partial charge >= 0.3 is 0 Å². The molecule has 3 N–H and O–H groups in total. The topological polar surface area (TPSA) is 98.3 Å². The van der Waals surface area contributed by atoms with Crippen LogP contribution in [-0.4, -0.2) is 10.8 Å². The van der Waals surface area contributed by atoms with Crippen molar-refractivity contribution in [1.29, 1.82) is 0 Å². The van der Waals surface area contributed by atoms with E-state index >= 15 is 0 Å². The van der Waals surface area contributed by atoms with Gasteiger partial charge in [-0.05, 0) is 24.4 Å². The highest BCUT2D eigenvalue weighted by Crippen LogP contribution is 2.22. The van der Waals surface area contributed by atoms with Gasteiger partial charge in [-0.1, -0.05) is 6.07 Å². The third kappa shape index (κ3) is 2.94. The summed E-state index contributed by atoms with van der Waals surface area (Å²) in [7, 11) is 0. The van der Waals surface area contributed by atoms with Gasteiger partial charge in [0.05, 0.1) is 16.5 Å². The molecule has 1 atom stereocenters. The molecule has 0 aliphatic heterocycles. The molecule has 0 fully saturated rings. The van der Waals surface area contributed by atoms with Crippen LogP contribution in [0.1, 0.15) is 28.2 Å². The first kappa shape index (κ1) is 14.0. The number of rotatable bonds is 4. The van der Waals surface area contributed by atoms with Gasteiger partial charge in [0.1, 0.15) is 0 Å². The number of nitrogens with zero attached hydrogens (tertiary/aromatic N) is 1. The van der Waals surface area contributed by atoms with Crippen LogP contribution in [0.2, 0.25) is 0 Å². The van der Waals surface area contributed by atoms with Crippen molar-refractivity contribution in [2.24, 2.45) is 0 Å². The number of non-ortho nitro benzene ring substituents is 1. The number of carbonyl (C=O) groups is 1. The molecule has 20 heavy (non-hydrogen) atoms. The van der Waals surface area contributed by atoms with E-state index in [-0.39, 0.29) is 23.0 Å². The monoisotopic (exact) mass is 291 g/mol. The third-order valence-corrected chi connectivity index (χ3v) is 3.86. The van der Waals surface area contributed by atoms with Gasteiger partial charge in [-0.25, -0.2) is 0 Å². The number of nitro benzene ring substituents is 1. The molecule has 7 heteroatoms. The summed E-state index contributed by atoms with van der Waals surface area (Å²) in [4.78, 5) is 23.3. The number of benzene rings is 1. The number of nitrogen functional groups attached to an aromatic ring is 1. The molecular formula is C13H13N3O3S. The van der Waals surface area contributed by atoms with Gasteiger partial charge in [0, 0.05) is 22.7 Å². The Hall–Kier alpha value is -2.41. The SMILES string of the molecule is CC(NC(=O)c1cc([N+](=O)[O-])ccc1N)c1cccs1. The molecule has 1 amide bonds. The van der Waals surface area contributed by atoms with E-state index in [1.54, 1.807) is 0 Å². The van der Waals surface area contributed by atoms with E-state index in [1.807, 2.05) is 24.4 Å². The van der Waals surface area contributed by atoms with Gasteiger partial charge < -0.3 is 11.1 Å². The standard InChI is InChI=1S/C13H13N3O3S/c1-8(12-3-2-6-20-12)15-13(17)10-7-9(16(18)19)4-5-11(10)14/h2-8H,14H2,1H3,(H,15,17).